The molecule has 4 heteroatoms. The largest absolute Gasteiger partial charge is 0.370 e. The number of rotatable bonds is 6. The number of aliphatic imine (C=N–C) groups is 1. The van der Waals surface area contributed by atoms with Crippen LogP contribution in [-0.2, 0) is 6.42 Å². The van der Waals surface area contributed by atoms with E-state index in [9.17, 15) is 0 Å². The molecule has 0 spiro atoms. The molecular formula is C16H24IN3. The minimum Gasteiger partial charge on any atom is -0.370 e. The van der Waals surface area contributed by atoms with E-state index in [2.05, 4.69) is 47.2 Å². The number of guanidine groups is 1. The Labute approximate surface area is 138 Å². The number of nitrogens with zero attached hydrogens (tertiary/aromatic N) is 1. The first kappa shape index (κ1) is 17.0. The highest BCUT2D eigenvalue weighted by atomic mass is 127. The summed E-state index contributed by atoms with van der Waals surface area (Å²) in [6.45, 7) is 5.14. The first-order valence-electron chi connectivity index (χ1n) is 6.93. The molecule has 0 unspecified atom stereocenters. The van der Waals surface area contributed by atoms with Gasteiger partial charge in [0.25, 0.3) is 0 Å². The Hall–Kier alpha value is -1.04. The van der Waals surface area contributed by atoms with E-state index in [-0.39, 0.29) is 24.0 Å². The second-order valence-electron chi connectivity index (χ2n) is 5.39. The molecule has 1 saturated carbocycles. The summed E-state index contributed by atoms with van der Waals surface area (Å²) < 4.78 is 0. The van der Waals surface area contributed by atoms with Gasteiger partial charge in [-0.1, -0.05) is 42.8 Å². The summed E-state index contributed by atoms with van der Waals surface area (Å²) in [6.07, 6.45) is 6.69. The van der Waals surface area contributed by atoms with Crippen molar-refractivity contribution in [2.24, 2.45) is 16.1 Å². The standard InChI is InChI=1S/C16H23N3.HI/c1-2-11-18-15(17)19-13-16(9-6-10-16)12-14-7-4-3-5-8-14;/h2-5,7-8H,1,6,9-13H2,(H3,17,18,19);1H. The predicted molar refractivity (Wildman–Crippen MR) is 96.5 cm³/mol. The van der Waals surface area contributed by atoms with Crippen molar-refractivity contribution < 1.29 is 0 Å². The van der Waals surface area contributed by atoms with Crippen LogP contribution in [0.3, 0.4) is 0 Å². The fourth-order valence-corrected chi connectivity index (χ4v) is 2.58. The van der Waals surface area contributed by atoms with E-state index in [1.54, 1.807) is 6.08 Å². The molecule has 110 valence electrons. The van der Waals surface area contributed by atoms with Crippen molar-refractivity contribution in [1.29, 1.82) is 0 Å². The Morgan fingerprint density at radius 3 is 2.60 bits per heavy atom. The Morgan fingerprint density at radius 2 is 2.05 bits per heavy atom. The predicted octanol–water partition coefficient (Wildman–Crippen LogP) is 3.11. The fraction of sp³-hybridized carbons (Fsp3) is 0.438. The summed E-state index contributed by atoms with van der Waals surface area (Å²) in [4.78, 5) is 4.49. The highest BCUT2D eigenvalue weighted by Gasteiger charge is 2.36. The highest BCUT2D eigenvalue weighted by molar-refractivity contribution is 14.0. The molecule has 0 amide bonds. The number of benzene rings is 1. The Bertz CT molecular complexity index is 438. The van der Waals surface area contributed by atoms with E-state index >= 15 is 0 Å². The molecule has 1 aromatic rings. The van der Waals surface area contributed by atoms with Gasteiger partial charge in [0, 0.05) is 13.1 Å². The molecule has 3 N–H and O–H groups in total. The number of nitrogens with one attached hydrogen (secondary N) is 1. The molecule has 0 bridgehead atoms. The highest BCUT2D eigenvalue weighted by Crippen LogP contribution is 2.43. The first-order valence-corrected chi connectivity index (χ1v) is 6.93. The molecule has 0 radical (unpaired) electrons. The van der Waals surface area contributed by atoms with Gasteiger partial charge in [-0.2, -0.15) is 0 Å². The van der Waals surface area contributed by atoms with Crippen LogP contribution in [0.15, 0.2) is 48.0 Å². The van der Waals surface area contributed by atoms with Crippen molar-refractivity contribution >= 4 is 29.9 Å². The van der Waals surface area contributed by atoms with Crippen LogP contribution in [0.4, 0.5) is 0 Å². The van der Waals surface area contributed by atoms with Crippen molar-refractivity contribution in [2.45, 2.75) is 25.7 Å². The van der Waals surface area contributed by atoms with Gasteiger partial charge >= 0.3 is 0 Å². The van der Waals surface area contributed by atoms with Gasteiger partial charge in [-0.3, -0.25) is 4.99 Å². The second-order valence-corrected chi connectivity index (χ2v) is 5.39. The molecule has 20 heavy (non-hydrogen) atoms. The van der Waals surface area contributed by atoms with Gasteiger partial charge in [-0.05, 0) is 30.2 Å². The maximum atomic E-state index is 5.83. The zero-order valence-corrected chi connectivity index (χ0v) is 14.2. The van der Waals surface area contributed by atoms with Crippen molar-refractivity contribution in [2.75, 3.05) is 13.1 Å². The Balaban J connectivity index is 0.00000200. The average Bonchev–Trinajstić information content (AvgIpc) is 2.40. The summed E-state index contributed by atoms with van der Waals surface area (Å²) in [5, 5.41) is 3.03. The van der Waals surface area contributed by atoms with Crippen LogP contribution < -0.4 is 11.1 Å². The van der Waals surface area contributed by atoms with Gasteiger partial charge in [0.05, 0.1) is 0 Å². The van der Waals surface area contributed by atoms with Crippen LogP contribution in [0.1, 0.15) is 24.8 Å². The van der Waals surface area contributed by atoms with Gasteiger partial charge in [-0.25, -0.2) is 0 Å². The normalized spacial score (nSPS) is 16.7. The topological polar surface area (TPSA) is 50.4 Å². The average molecular weight is 385 g/mol. The lowest BCUT2D eigenvalue weighted by atomic mass is 9.65. The quantitative estimate of drug-likeness (QED) is 0.342. The van der Waals surface area contributed by atoms with Gasteiger partial charge in [0.15, 0.2) is 5.96 Å². The summed E-state index contributed by atoms with van der Waals surface area (Å²) >= 11 is 0. The molecular weight excluding hydrogens is 361 g/mol. The molecule has 1 aliphatic rings. The van der Waals surface area contributed by atoms with E-state index in [4.69, 9.17) is 5.73 Å². The van der Waals surface area contributed by atoms with Crippen LogP contribution in [0.25, 0.3) is 0 Å². The van der Waals surface area contributed by atoms with Gasteiger partial charge in [0.1, 0.15) is 0 Å². The molecule has 1 aromatic carbocycles. The molecule has 3 nitrogen and oxygen atoms in total. The minimum atomic E-state index is 0. The smallest absolute Gasteiger partial charge is 0.188 e. The van der Waals surface area contributed by atoms with Crippen molar-refractivity contribution in [3.63, 3.8) is 0 Å². The third-order valence-electron chi connectivity index (χ3n) is 3.85. The van der Waals surface area contributed by atoms with Crippen LogP contribution in [0.5, 0.6) is 0 Å². The van der Waals surface area contributed by atoms with Crippen LogP contribution >= 0.6 is 24.0 Å². The number of hydrogen-bond donors (Lipinski definition) is 2. The zero-order chi connectivity index (χ0) is 13.6. The minimum absolute atomic E-state index is 0. The molecule has 1 fully saturated rings. The summed E-state index contributed by atoms with van der Waals surface area (Å²) in [5.74, 6) is 0.527. The fourth-order valence-electron chi connectivity index (χ4n) is 2.58. The molecule has 0 saturated heterocycles. The van der Waals surface area contributed by atoms with E-state index in [1.807, 2.05) is 0 Å². The molecule has 0 heterocycles. The van der Waals surface area contributed by atoms with Gasteiger partial charge in [0.2, 0.25) is 0 Å². The molecule has 0 aromatic heterocycles. The first-order chi connectivity index (χ1) is 9.24. The van der Waals surface area contributed by atoms with E-state index < -0.39 is 0 Å². The SMILES string of the molecule is C=CCNC(N)=NCC1(Cc2ccccc2)CCC1.I. The summed E-state index contributed by atoms with van der Waals surface area (Å²) in [5.41, 5.74) is 7.55. The third-order valence-corrected chi connectivity index (χ3v) is 3.85. The lowest BCUT2D eigenvalue weighted by Gasteiger charge is -2.41. The van der Waals surface area contributed by atoms with Crippen LogP contribution in [0, 0.1) is 5.41 Å². The molecule has 2 rings (SSSR count). The summed E-state index contributed by atoms with van der Waals surface area (Å²) in [6, 6.07) is 10.7. The van der Waals surface area contributed by atoms with Gasteiger partial charge in [-0.15, -0.1) is 30.6 Å². The molecule has 1 aliphatic carbocycles. The van der Waals surface area contributed by atoms with E-state index in [0.29, 0.717) is 17.9 Å². The number of hydrogen-bond acceptors (Lipinski definition) is 1. The summed E-state index contributed by atoms with van der Waals surface area (Å²) in [7, 11) is 0. The molecule has 0 aliphatic heterocycles. The Kier molecular flexibility index (Phi) is 7.05. The van der Waals surface area contributed by atoms with Crippen molar-refractivity contribution in [1.82, 2.24) is 5.32 Å². The third kappa shape index (κ3) is 4.81. The zero-order valence-electron chi connectivity index (χ0n) is 11.8. The number of halogens is 1. The van der Waals surface area contributed by atoms with Crippen LogP contribution in [0.2, 0.25) is 0 Å². The van der Waals surface area contributed by atoms with E-state index in [1.165, 1.54) is 24.8 Å². The number of nitrogens with two attached hydrogens (primary N) is 1. The lowest BCUT2D eigenvalue weighted by Crippen LogP contribution is -2.38. The Morgan fingerprint density at radius 1 is 1.35 bits per heavy atom. The maximum absolute atomic E-state index is 5.83. The monoisotopic (exact) mass is 385 g/mol. The van der Waals surface area contributed by atoms with Crippen molar-refractivity contribution in [3.8, 4) is 0 Å². The van der Waals surface area contributed by atoms with Crippen LogP contribution in [-0.4, -0.2) is 19.0 Å². The van der Waals surface area contributed by atoms with E-state index in [0.717, 1.165) is 13.0 Å². The molecule has 0 atom stereocenters. The van der Waals surface area contributed by atoms with Gasteiger partial charge < -0.3 is 11.1 Å². The second kappa shape index (κ2) is 8.29. The lowest BCUT2D eigenvalue weighted by molar-refractivity contribution is 0.145. The van der Waals surface area contributed by atoms with Crippen molar-refractivity contribution in [3.05, 3.63) is 48.6 Å². The maximum Gasteiger partial charge on any atom is 0.188 e.